The van der Waals surface area contributed by atoms with Crippen LogP contribution in [0.15, 0.2) is 0 Å². The molecule has 0 fully saturated rings. The molecule has 0 saturated carbocycles. The van der Waals surface area contributed by atoms with Crippen molar-refractivity contribution in [2.45, 2.75) is 58.2 Å². The Hall–Kier alpha value is -0.280. The third-order valence-electron chi connectivity index (χ3n) is 3.04. The van der Waals surface area contributed by atoms with E-state index in [1.807, 2.05) is 27.7 Å². The van der Waals surface area contributed by atoms with Gasteiger partial charge in [-0.3, -0.25) is 0 Å². The summed E-state index contributed by atoms with van der Waals surface area (Å²) in [5, 5.41) is 18.4. The second-order valence-electron chi connectivity index (χ2n) is 5.87. The molecule has 0 spiro atoms. The SMILES string of the molecule is COCC(O)COC(C)COC(C)COC(C)COC(C)CO. The second kappa shape index (κ2) is 14.1. The molecule has 0 aromatic heterocycles. The van der Waals surface area contributed by atoms with E-state index in [9.17, 15) is 5.11 Å². The van der Waals surface area contributed by atoms with Crippen molar-refractivity contribution in [1.29, 1.82) is 0 Å². The second-order valence-corrected chi connectivity index (χ2v) is 5.87. The third-order valence-corrected chi connectivity index (χ3v) is 3.04. The Kier molecular flexibility index (Phi) is 13.9. The highest BCUT2D eigenvalue weighted by Gasteiger charge is 2.12. The maximum absolute atomic E-state index is 9.49. The lowest BCUT2D eigenvalue weighted by Gasteiger charge is -2.21. The first-order chi connectivity index (χ1) is 10.9. The lowest BCUT2D eigenvalue weighted by atomic mass is 10.3. The lowest BCUT2D eigenvalue weighted by Crippen LogP contribution is -2.29. The van der Waals surface area contributed by atoms with Gasteiger partial charge in [-0.15, -0.1) is 0 Å². The van der Waals surface area contributed by atoms with Gasteiger partial charge in [-0.25, -0.2) is 0 Å². The summed E-state index contributed by atoms with van der Waals surface area (Å²) in [7, 11) is 1.54. The zero-order chi connectivity index (χ0) is 17.7. The third kappa shape index (κ3) is 13.8. The Bertz CT molecular complexity index is 265. The van der Waals surface area contributed by atoms with Crippen molar-refractivity contribution in [2.75, 3.05) is 46.8 Å². The van der Waals surface area contributed by atoms with Crippen molar-refractivity contribution in [2.24, 2.45) is 0 Å². The van der Waals surface area contributed by atoms with E-state index >= 15 is 0 Å². The molecule has 0 aromatic carbocycles. The van der Waals surface area contributed by atoms with Gasteiger partial charge in [0, 0.05) is 7.11 Å². The number of aliphatic hydroxyl groups is 2. The minimum atomic E-state index is -0.620. The quantitative estimate of drug-likeness (QED) is 0.452. The molecule has 0 amide bonds. The molecule has 5 atom stereocenters. The fourth-order valence-corrected chi connectivity index (χ4v) is 1.61. The van der Waals surface area contributed by atoms with Crippen molar-refractivity contribution in [3.8, 4) is 0 Å². The number of ether oxygens (including phenoxy) is 5. The molecule has 0 heterocycles. The van der Waals surface area contributed by atoms with Crippen molar-refractivity contribution >= 4 is 0 Å². The monoisotopic (exact) mass is 338 g/mol. The van der Waals surface area contributed by atoms with Crippen LogP contribution >= 0.6 is 0 Å². The molecule has 0 radical (unpaired) electrons. The molecule has 23 heavy (non-hydrogen) atoms. The van der Waals surface area contributed by atoms with Gasteiger partial charge in [-0.2, -0.15) is 0 Å². The molecule has 7 heteroatoms. The number of hydrogen-bond acceptors (Lipinski definition) is 7. The van der Waals surface area contributed by atoms with Gasteiger partial charge in [-0.1, -0.05) is 0 Å². The first-order valence-electron chi connectivity index (χ1n) is 8.13. The summed E-state index contributed by atoms with van der Waals surface area (Å²) in [6, 6.07) is 0. The average molecular weight is 338 g/mol. The minimum Gasteiger partial charge on any atom is -0.394 e. The maximum Gasteiger partial charge on any atom is 0.101 e. The summed E-state index contributed by atoms with van der Waals surface area (Å²) in [6.07, 6.45) is -1.04. The van der Waals surface area contributed by atoms with Crippen LogP contribution in [0.2, 0.25) is 0 Å². The number of aliphatic hydroxyl groups excluding tert-OH is 2. The molecule has 0 aliphatic heterocycles. The highest BCUT2D eigenvalue weighted by atomic mass is 16.6. The van der Waals surface area contributed by atoms with Crippen molar-refractivity contribution in [3.63, 3.8) is 0 Å². The summed E-state index contributed by atoms with van der Waals surface area (Å²) in [5.74, 6) is 0. The molecule has 0 aromatic rings. The van der Waals surface area contributed by atoms with Gasteiger partial charge in [0.15, 0.2) is 0 Å². The molecule has 140 valence electrons. The Morgan fingerprint density at radius 2 is 1.04 bits per heavy atom. The van der Waals surface area contributed by atoms with Gasteiger partial charge < -0.3 is 33.9 Å². The predicted octanol–water partition coefficient (Wildman–Crippen LogP) is 0.606. The Labute approximate surface area is 139 Å². The highest BCUT2D eigenvalue weighted by molar-refractivity contribution is 4.58. The topological polar surface area (TPSA) is 86.6 Å². The number of hydrogen-bond donors (Lipinski definition) is 2. The van der Waals surface area contributed by atoms with Gasteiger partial charge in [-0.05, 0) is 27.7 Å². The zero-order valence-electron chi connectivity index (χ0n) is 15.1. The van der Waals surface area contributed by atoms with Crippen LogP contribution in [0.25, 0.3) is 0 Å². The van der Waals surface area contributed by atoms with E-state index in [0.29, 0.717) is 19.8 Å². The highest BCUT2D eigenvalue weighted by Crippen LogP contribution is 2.02. The van der Waals surface area contributed by atoms with E-state index < -0.39 is 6.10 Å². The van der Waals surface area contributed by atoms with Gasteiger partial charge >= 0.3 is 0 Å². The molecular weight excluding hydrogens is 304 g/mol. The first kappa shape index (κ1) is 22.7. The minimum absolute atomic E-state index is 0.00318. The fraction of sp³-hybridized carbons (Fsp3) is 1.00. The molecular formula is C16H34O7. The lowest BCUT2D eigenvalue weighted by molar-refractivity contribution is -0.0975. The zero-order valence-corrected chi connectivity index (χ0v) is 15.1. The van der Waals surface area contributed by atoms with Crippen LogP contribution in [0.5, 0.6) is 0 Å². The van der Waals surface area contributed by atoms with E-state index in [1.54, 1.807) is 0 Å². The Morgan fingerprint density at radius 1 is 0.652 bits per heavy atom. The molecule has 5 unspecified atom stereocenters. The summed E-state index contributed by atoms with van der Waals surface area (Å²) in [6.45, 7) is 9.34. The van der Waals surface area contributed by atoms with Crippen molar-refractivity contribution in [3.05, 3.63) is 0 Å². The summed E-state index contributed by atoms with van der Waals surface area (Å²) >= 11 is 0. The van der Waals surface area contributed by atoms with Gasteiger partial charge in [0.05, 0.1) is 64.1 Å². The van der Waals surface area contributed by atoms with Crippen LogP contribution < -0.4 is 0 Å². The molecule has 0 rings (SSSR count). The van der Waals surface area contributed by atoms with E-state index in [2.05, 4.69) is 0 Å². The van der Waals surface area contributed by atoms with E-state index in [1.165, 1.54) is 7.11 Å². The van der Waals surface area contributed by atoms with Gasteiger partial charge in [0.2, 0.25) is 0 Å². The Morgan fingerprint density at radius 3 is 1.43 bits per heavy atom. The maximum atomic E-state index is 9.49. The van der Waals surface area contributed by atoms with Crippen LogP contribution in [0.4, 0.5) is 0 Å². The molecule has 2 N–H and O–H groups in total. The Balaban J connectivity index is 3.67. The van der Waals surface area contributed by atoms with Crippen LogP contribution in [-0.4, -0.2) is 87.5 Å². The molecule has 0 aliphatic carbocycles. The van der Waals surface area contributed by atoms with Crippen molar-refractivity contribution in [1.82, 2.24) is 0 Å². The summed E-state index contributed by atoms with van der Waals surface area (Å²) in [5.41, 5.74) is 0. The normalized spacial score (nSPS) is 18.4. The van der Waals surface area contributed by atoms with Crippen LogP contribution in [-0.2, 0) is 23.7 Å². The van der Waals surface area contributed by atoms with Crippen molar-refractivity contribution < 1.29 is 33.9 Å². The standard InChI is InChI=1S/C16H34O7/c1-12(6-17)20-7-13(2)21-8-14(3)22-9-15(4)23-11-16(18)10-19-5/h12-18H,6-11H2,1-5H3. The van der Waals surface area contributed by atoms with Crippen LogP contribution in [0, 0.1) is 0 Å². The molecule has 0 saturated heterocycles. The van der Waals surface area contributed by atoms with E-state index in [0.717, 1.165) is 0 Å². The molecule has 0 aliphatic rings. The average Bonchev–Trinajstić information content (AvgIpc) is 2.54. The number of methoxy groups -OCH3 is 1. The van der Waals surface area contributed by atoms with Crippen LogP contribution in [0.3, 0.4) is 0 Å². The fourth-order valence-electron chi connectivity index (χ4n) is 1.61. The van der Waals surface area contributed by atoms with Gasteiger partial charge in [0.1, 0.15) is 6.10 Å². The number of rotatable bonds is 15. The largest absolute Gasteiger partial charge is 0.394 e. The predicted molar refractivity (Wildman–Crippen MR) is 86.6 cm³/mol. The van der Waals surface area contributed by atoms with E-state index in [-0.39, 0.29) is 44.2 Å². The van der Waals surface area contributed by atoms with E-state index in [4.69, 9.17) is 28.8 Å². The first-order valence-corrected chi connectivity index (χ1v) is 8.13. The van der Waals surface area contributed by atoms with Gasteiger partial charge in [0.25, 0.3) is 0 Å². The molecule has 7 nitrogen and oxygen atoms in total. The molecule has 0 bridgehead atoms. The van der Waals surface area contributed by atoms with Crippen LogP contribution in [0.1, 0.15) is 27.7 Å². The summed E-state index contributed by atoms with van der Waals surface area (Å²) < 4.78 is 27.0. The summed E-state index contributed by atoms with van der Waals surface area (Å²) in [4.78, 5) is 0. The smallest absolute Gasteiger partial charge is 0.101 e.